The zero-order valence-corrected chi connectivity index (χ0v) is 20.2. The third-order valence-corrected chi connectivity index (χ3v) is 8.21. The van der Waals surface area contributed by atoms with Crippen LogP contribution in [0.2, 0.25) is 0 Å². The van der Waals surface area contributed by atoms with Crippen LogP contribution in [-0.4, -0.2) is 32.4 Å². The molecule has 1 aliphatic rings. The van der Waals surface area contributed by atoms with Crippen LogP contribution in [0.5, 0.6) is 0 Å². The smallest absolute Gasteiger partial charge is 0.251 e. The summed E-state index contributed by atoms with van der Waals surface area (Å²) in [6, 6.07) is 21.3. The summed E-state index contributed by atoms with van der Waals surface area (Å²) in [5.41, 5.74) is 2.33. The number of aromatic nitrogens is 1. The van der Waals surface area contributed by atoms with Crippen molar-refractivity contribution in [2.24, 2.45) is 0 Å². The number of benzene rings is 3. The Morgan fingerprint density at radius 3 is 2.46 bits per heavy atom. The molecule has 6 nitrogen and oxygen atoms in total. The lowest BCUT2D eigenvalue weighted by Crippen LogP contribution is -2.29. The van der Waals surface area contributed by atoms with Gasteiger partial charge in [0.2, 0.25) is 9.84 Å². The van der Waals surface area contributed by atoms with Gasteiger partial charge in [-0.25, -0.2) is 8.42 Å². The number of pyridine rings is 1. The van der Waals surface area contributed by atoms with E-state index in [-0.39, 0.29) is 10.8 Å². The molecule has 0 radical (unpaired) electrons. The number of hydrogen-bond acceptors (Lipinski definition) is 5. The number of amides is 1. The van der Waals surface area contributed by atoms with Gasteiger partial charge in [-0.3, -0.25) is 9.78 Å². The Hall–Kier alpha value is -3.71. The standard InChI is InChI=1S/C28H27N3O3S/c32-28(23-10-9-22-13-14-29-20-24(22)17-23)30-19-21-7-11-26(12-8-21)35(33,34)27-6-4-5-25(18-27)31-15-2-1-3-16-31/h4-14,17-18,20H,1-3,15-16,19H2,(H,30,32). The number of sulfone groups is 1. The summed E-state index contributed by atoms with van der Waals surface area (Å²) in [6.07, 6.45) is 6.94. The van der Waals surface area contributed by atoms with Crippen molar-refractivity contribution in [2.75, 3.05) is 18.0 Å². The van der Waals surface area contributed by atoms with Gasteiger partial charge in [-0.2, -0.15) is 0 Å². The molecule has 5 rings (SSSR count). The molecular weight excluding hydrogens is 458 g/mol. The number of nitrogens with one attached hydrogen (secondary N) is 1. The summed E-state index contributed by atoms with van der Waals surface area (Å²) in [5.74, 6) is -0.193. The third kappa shape index (κ3) is 5.05. The van der Waals surface area contributed by atoms with Crippen LogP contribution in [0.1, 0.15) is 35.2 Å². The van der Waals surface area contributed by atoms with Crippen LogP contribution in [0.15, 0.2) is 95.0 Å². The molecule has 3 aromatic carbocycles. The molecule has 0 spiro atoms. The molecule has 1 saturated heterocycles. The van der Waals surface area contributed by atoms with Crippen LogP contribution in [0.3, 0.4) is 0 Å². The van der Waals surface area contributed by atoms with Gasteiger partial charge in [0.15, 0.2) is 0 Å². The highest BCUT2D eigenvalue weighted by molar-refractivity contribution is 7.91. The first-order valence-corrected chi connectivity index (χ1v) is 13.3. The summed E-state index contributed by atoms with van der Waals surface area (Å²) in [5, 5.41) is 4.82. The van der Waals surface area contributed by atoms with E-state index in [2.05, 4.69) is 15.2 Å². The highest BCUT2D eigenvalue weighted by Gasteiger charge is 2.20. The van der Waals surface area contributed by atoms with Crippen molar-refractivity contribution in [1.29, 1.82) is 0 Å². The SMILES string of the molecule is O=C(NCc1ccc(S(=O)(=O)c2cccc(N3CCCCC3)c2)cc1)c1ccc2ccncc2c1. The fourth-order valence-electron chi connectivity index (χ4n) is 4.43. The maximum Gasteiger partial charge on any atom is 0.251 e. The summed E-state index contributed by atoms with van der Waals surface area (Å²) in [6.45, 7) is 2.22. The number of piperidine rings is 1. The van der Waals surface area contributed by atoms with Gasteiger partial charge in [0.05, 0.1) is 9.79 Å². The van der Waals surface area contributed by atoms with E-state index in [1.54, 1.807) is 54.9 Å². The molecular formula is C28H27N3O3S. The second-order valence-corrected chi connectivity index (χ2v) is 10.8. The highest BCUT2D eigenvalue weighted by atomic mass is 32.2. The summed E-state index contributed by atoms with van der Waals surface area (Å²) >= 11 is 0. The van der Waals surface area contributed by atoms with E-state index in [0.29, 0.717) is 17.0 Å². The van der Waals surface area contributed by atoms with Crippen molar-refractivity contribution in [3.8, 4) is 0 Å². The molecule has 1 amide bonds. The number of carbonyl (C=O) groups is 1. The largest absolute Gasteiger partial charge is 0.372 e. The number of nitrogens with zero attached hydrogens (tertiary/aromatic N) is 2. The molecule has 7 heteroatoms. The first kappa shape index (κ1) is 23.1. The van der Waals surface area contributed by atoms with E-state index < -0.39 is 9.84 Å². The summed E-state index contributed by atoms with van der Waals surface area (Å²) in [7, 11) is -3.63. The van der Waals surface area contributed by atoms with Crippen molar-refractivity contribution < 1.29 is 13.2 Å². The molecule has 178 valence electrons. The Morgan fingerprint density at radius 2 is 1.66 bits per heavy atom. The predicted molar refractivity (Wildman–Crippen MR) is 137 cm³/mol. The van der Waals surface area contributed by atoms with Gasteiger partial charge in [0.1, 0.15) is 0 Å². The quantitative estimate of drug-likeness (QED) is 0.416. The van der Waals surface area contributed by atoms with Gasteiger partial charge >= 0.3 is 0 Å². The van der Waals surface area contributed by atoms with Crippen molar-refractivity contribution in [1.82, 2.24) is 10.3 Å². The normalized spacial score (nSPS) is 14.1. The van der Waals surface area contributed by atoms with Crippen LogP contribution in [0, 0.1) is 0 Å². The minimum Gasteiger partial charge on any atom is -0.372 e. The van der Waals surface area contributed by atoms with Crippen LogP contribution in [0.4, 0.5) is 5.69 Å². The summed E-state index contributed by atoms with van der Waals surface area (Å²) in [4.78, 5) is 19.5. The van der Waals surface area contributed by atoms with Gasteiger partial charge in [-0.05, 0) is 78.7 Å². The van der Waals surface area contributed by atoms with Gasteiger partial charge in [0.25, 0.3) is 5.91 Å². The molecule has 0 bridgehead atoms. The fraction of sp³-hybridized carbons (Fsp3) is 0.214. The Morgan fingerprint density at radius 1 is 0.857 bits per heavy atom. The molecule has 1 fully saturated rings. The number of rotatable bonds is 6. The van der Waals surface area contributed by atoms with Crippen molar-refractivity contribution in [3.05, 3.63) is 96.3 Å². The lowest BCUT2D eigenvalue weighted by molar-refractivity contribution is 0.0951. The van der Waals surface area contributed by atoms with E-state index in [4.69, 9.17) is 0 Å². The second-order valence-electron chi connectivity index (χ2n) is 8.81. The van der Waals surface area contributed by atoms with Gasteiger partial charge in [-0.1, -0.05) is 24.3 Å². The van der Waals surface area contributed by atoms with Crippen LogP contribution < -0.4 is 10.2 Å². The number of anilines is 1. The lowest BCUT2D eigenvalue weighted by Gasteiger charge is -2.29. The minimum atomic E-state index is -3.63. The van der Waals surface area contributed by atoms with Crippen molar-refractivity contribution in [3.63, 3.8) is 0 Å². The molecule has 1 aliphatic heterocycles. The zero-order valence-electron chi connectivity index (χ0n) is 19.4. The average Bonchev–Trinajstić information content (AvgIpc) is 2.92. The van der Waals surface area contributed by atoms with Gasteiger partial charge in [-0.15, -0.1) is 0 Å². The molecule has 1 N–H and O–H groups in total. The molecule has 1 aromatic heterocycles. The van der Waals surface area contributed by atoms with Crippen molar-refractivity contribution in [2.45, 2.75) is 35.6 Å². The summed E-state index contributed by atoms with van der Waals surface area (Å²) < 4.78 is 26.5. The number of fused-ring (bicyclic) bond motifs is 1. The Balaban J connectivity index is 1.27. The molecule has 2 heterocycles. The lowest BCUT2D eigenvalue weighted by atomic mass is 10.1. The maximum absolute atomic E-state index is 13.2. The zero-order chi connectivity index (χ0) is 24.3. The van der Waals surface area contributed by atoms with Crippen LogP contribution >= 0.6 is 0 Å². The Bertz CT molecular complexity index is 1460. The van der Waals surface area contributed by atoms with Crippen molar-refractivity contribution >= 4 is 32.2 Å². The fourth-order valence-corrected chi connectivity index (χ4v) is 5.73. The second kappa shape index (κ2) is 9.88. The molecule has 4 aromatic rings. The first-order chi connectivity index (χ1) is 17.0. The molecule has 35 heavy (non-hydrogen) atoms. The van der Waals surface area contributed by atoms with Gasteiger partial charge in [0, 0.05) is 48.7 Å². The first-order valence-electron chi connectivity index (χ1n) is 11.8. The molecule has 0 aliphatic carbocycles. The minimum absolute atomic E-state index is 0.193. The van der Waals surface area contributed by atoms with E-state index in [1.807, 2.05) is 30.3 Å². The molecule has 0 atom stereocenters. The maximum atomic E-state index is 13.2. The number of hydrogen-bond donors (Lipinski definition) is 1. The third-order valence-electron chi connectivity index (χ3n) is 6.44. The van der Waals surface area contributed by atoms with E-state index in [1.165, 1.54) is 6.42 Å². The Kier molecular flexibility index (Phi) is 6.51. The van der Waals surface area contributed by atoms with E-state index in [9.17, 15) is 13.2 Å². The Labute approximate surface area is 205 Å². The molecule has 0 unspecified atom stereocenters. The average molecular weight is 486 g/mol. The van der Waals surface area contributed by atoms with E-state index >= 15 is 0 Å². The predicted octanol–water partition coefficient (Wildman–Crippen LogP) is 4.99. The monoisotopic (exact) mass is 485 g/mol. The highest BCUT2D eigenvalue weighted by Crippen LogP contribution is 2.27. The molecule has 0 saturated carbocycles. The topological polar surface area (TPSA) is 79.4 Å². The van der Waals surface area contributed by atoms with Crippen LogP contribution in [-0.2, 0) is 16.4 Å². The van der Waals surface area contributed by atoms with E-state index in [0.717, 1.165) is 48.0 Å². The van der Waals surface area contributed by atoms with Crippen LogP contribution in [0.25, 0.3) is 10.8 Å². The van der Waals surface area contributed by atoms with Gasteiger partial charge < -0.3 is 10.2 Å². The number of carbonyl (C=O) groups excluding carboxylic acids is 1.